The van der Waals surface area contributed by atoms with Gasteiger partial charge in [-0.1, -0.05) is 0 Å². The quantitative estimate of drug-likeness (QED) is 0.603. The maximum absolute atomic E-state index is 5.77. The van der Waals surface area contributed by atoms with E-state index in [1.54, 1.807) is 13.3 Å². The lowest BCUT2D eigenvalue weighted by Crippen LogP contribution is -2.43. The van der Waals surface area contributed by atoms with Crippen LogP contribution in [-0.4, -0.2) is 24.1 Å². The zero-order valence-electron chi connectivity index (χ0n) is 10.0. The molecule has 1 saturated carbocycles. The highest BCUT2D eigenvalue weighted by atomic mass is 16.5. The zero-order chi connectivity index (χ0) is 12.1. The minimum absolute atomic E-state index is 0.496. The molecule has 1 fully saturated rings. The summed E-state index contributed by atoms with van der Waals surface area (Å²) in [5.41, 5.74) is 6.65. The van der Waals surface area contributed by atoms with Gasteiger partial charge >= 0.3 is 0 Å². The Morgan fingerprint density at radius 3 is 2.94 bits per heavy atom. The molecule has 0 saturated heterocycles. The maximum atomic E-state index is 5.77. The summed E-state index contributed by atoms with van der Waals surface area (Å²) < 4.78 is 5.03. The van der Waals surface area contributed by atoms with Crippen LogP contribution in [0, 0.1) is 0 Å². The molecule has 0 spiro atoms. The number of methoxy groups -OCH3 is 1. The molecule has 0 atom stereocenters. The smallest absolute Gasteiger partial charge is 0.189 e. The summed E-state index contributed by atoms with van der Waals surface area (Å²) in [7, 11) is 1.62. The van der Waals surface area contributed by atoms with Gasteiger partial charge in [-0.05, 0) is 31.4 Å². The molecule has 0 aliphatic heterocycles. The van der Waals surface area contributed by atoms with Gasteiger partial charge in [0, 0.05) is 6.04 Å². The molecule has 3 N–H and O–H groups in total. The first-order valence-electron chi connectivity index (χ1n) is 5.83. The SMILES string of the molecule is COc1ccc(CN=C(N)NC2CCC2)nc1. The lowest BCUT2D eigenvalue weighted by Gasteiger charge is -2.26. The van der Waals surface area contributed by atoms with Crippen LogP contribution in [0.1, 0.15) is 25.0 Å². The molecular weight excluding hydrogens is 216 g/mol. The second kappa shape index (κ2) is 5.52. The second-order valence-corrected chi connectivity index (χ2v) is 4.16. The van der Waals surface area contributed by atoms with Crippen molar-refractivity contribution >= 4 is 5.96 Å². The third-order valence-corrected chi connectivity index (χ3v) is 2.90. The largest absolute Gasteiger partial charge is 0.495 e. The number of rotatable bonds is 4. The Labute approximate surface area is 101 Å². The van der Waals surface area contributed by atoms with E-state index in [1.807, 2.05) is 12.1 Å². The fourth-order valence-corrected chi connectivity index (χ4v) is 1.60. The highest BCUT2D eigenvalue weighted by Crippen LogP contribution is 2.17. The lowest BCUT2D eigenvalue weighted by atomic mass is 9.93. The molecule has 0 aromatic carbocycles. The summed E-state index contributed by atoms with van der Waals surface area (Å²) in [5.74, 6) is 1.26. The molecule has 0 radical (unpaired) electrons. The van der Waals surface area contributed by atoms with Gasteiger partial charge < -0.3 is 15.8 Å². The van der Waals surface area contributed by atoms with Crippen molar-refractivity contribution in [2.45, 2.75) is 31.8 Å². The third-order valence-electron chi connectivity index (χ3n) is 2.90. The van der Waals surface area contributed by atoms with E-state index in [4.69, 9.17) is 10.5 Å². The molecule has 0 bridgehead atoms. The van der Waals surface area contributed by atoms with E-state index in [1.165, 1.54) is 19.3 Å². The summed E-state index contributed by atoms with van der Waals surface area (Å²) in [4.78, 5) is 8.47. The van der Waals surface area contributed by atoms with Crippen molar-refractivity contribution < 1.29 is 4.74 Å². The van der Waals surface area contributed by atoms with Crippen molar-refractivity contribution in [3.63, 3.8) is 0 Å². The zero-order valence-corrected chi connectivity index (χ0v) is 10.0. The van der Waals surface area contributed by atoms with E-state index in [-0.39, 0.29) is 0 Å². The number of nitrogens with two attached hydrogens (primary N) is 1. The molecule has 5 nitrogen and oxygen atoms in total. The molecule has 1 aromatic rings. The predicted octanol–water partition coefficient (Wildman–Crippen LogP) is 1.05. The number of aromatic nitrogens is 1. The average Bonchev–Trinajstić information content (AvgIpc) is 2.32. The van der Waals surface area contributed by atoms with E-state index in [9.17, 15) is 0 Å². The van der Waals surface area contributed by atoms with E-state index >= 15 is 0 Å². The second-order valence-electron chi connectivity index (χ2n) is 4.16. The molecule has 17 heavy (non-hydrogen) atoms. The van der Waals surface area contributed by atoms with Crippen LogP contribution in [0.15, 0.2) is 23.3 Å². The van der Waals surface area contributed by atoms with Crippen molar-refractivity contribution in [1.82, 2.24) is 10.3 Å². The fourth-order valence-electron chi connectivity index (χ4n) is 1.60. The topological polar surface area (TPSA) is 72.5 Å². The first-order chi connectivity index (χ1) is 8.28. The first kappa shape index (κ1) is 11.7. The average molecular weight is 234 g/mol. The van der Waals surface area contributed by atoms with Crippen molar-refractivity contribution in [1.29, 1.82) is 0 Å². The third kappa shape index (κ3) is 3.34. The highest BCUT2D eigenvalue weighted by Gasteiger charge is 2.17. The number of hydrogen-bond acceptors (Lipinski definition) is 3. The maximum Gasteiger partial charge on any atom is 0.189 e. The van der Waals surface area contributed by atoms with Gasteiger partial charge in [-0.25, -0.2) is 4.99 Å². The molecule has 0 unspecified atom stereocenters. The number of hydrogen-bond donors (Lipinski definition) is 2. The number of ether oxygens (including phenoxy) is 1. The number of nitrogens with one attached hydrogen (secondary N) is 1. The Kier molecular flexibility index (Phi) is 3.80. The number of pyridine rings is 1. The summed E-state index contributed by atoms with van der Waals surface area (Å²) in [6.07, 6.45) is 5.35. The standard InChI is InChI=1S/C12H18N4O/c1-17-11-6-5-10(14-8-11)7-15-12(13)16-9-3-2-4-9/h5-6,8-9H,2-4,7H2,1H3,(H3,13,15,16). The van der Waals surface area contributed by atoms with Crippen molar-refractivity contribution in [3.05, 3.63) is 24.0 Å². The van der Waals surface area contributed by atoms with Gasteiger partial charge in [0.15, 0.2) is 5.96 Å². The van der Waals surface area contributed by atoms with Crippen molar-refractivity contribution in [2.75, 3.05) is 7.11 Å². The molecule has 1 aliphatic carbocycles. The molecule has 0 amide bonds. The van der Waals surface area contributed by atoms with Crippen LogP contribution in [0.4, 0.5) is 0 Å². The van der Waals surface area contributed by atoms with E-state index in [0.717, 1.165) is 11.4 Å². The van der Waals surface area contributed by atoms with Gasteiger partial charge in [0.1, 0.15) is 5.75 Å². The molecule has 92 valence electrons. The Hall–Kier alpha value is -1.78. The normalized spacial score (nSPS) is 16.4. The number of guanidine groups is 1. The van der Waals surface area contributed by atoms with Crippen LogP contribution >= 0.6 is 0 Å². The van der Waals surface area contributed by atoms with Crippen LogP contribution in [-0.2, 0) is 6.54 Å². The lowest BCUT2D eigenvalue weighted by molar-refractivity contribution is 0.382. The Balaban J connectivity index is 1.84. The molecule has 1 heterocycles. The van der Waals surface area contributed by atoms with E-state index in [2.05, 4.69) is 15.3 Å². The Morgan fingerprint density at radius 1 is 1.59 bits per heavy atom. The van der Waals surface area contributed by atoms with Gasteiger partial charge in [0.2, 0.25) is 0 Å². The van der Waals surface area contributed by atoms with E-state index in [0.29, 0.717) is 18.5 Å². The highest BCUT2D eigenvalue weighted by molar-refractivity contribution is 5.78. The minimum atomic E-state index is 0.496. The Bertz CT molecular complexity index is 384. The summed E-state index contributed by atoms with van der Waals surface area (Å²) in [6, 6.07) is 4.27. The predicted molar refractivity (Wildman–Crippen MR) is 66.9 cm³/mol. The van der Waals surface area contributed by atoms with Gasteiger partial charge in [0.25, 0.3) is 0 Å². The summed E-state index contributed by atoms with van der Waals surface area (Å²) in [6.45, 7) is 0.496. The number of aliphatic imine (C=N–C) groups is 1. The molecule has 1 aliphatic rings. The fraction of sp³-hybridized carbons (Fsp3) is 0.500. The first-order valence-corrected chi connectivity index (χ1v) is 5.83. The summed E-state index contributed by atoms with van der Waals surface area (Å²) >= 11 is 0. The molecule has 2 rings (SSSR count). The van der Waals surface area contributed by atoms with Gasteiger partial charge in [0.05, 0.1) is 25.5 Å². The monoisotopic (exact) mass is 234 g/mol. The van der Waals surface area contributed by atoms with Gasteiger partial charge in [-0.15, -0.1) is 0 Å². The molecule has 5 heteroatoms. The minimum Gasteiger partial charge on any atom is -0.495 e. The van der Waals surface area contributed by atoms with Crippen LogP contribution in [0.25, 0.3) is 0 Å². The van der Waals surface area contributed by atoms with E-state index < -0.39 is 0 Å². The van der Waals surface area contributed by atoms with Crippen molar-refractivity contribution in [3.8, 4) is 5.75 Å². The van der Waals surface area contributed by atoms with Crippen LogP contribution in [0.3, 0.4) is 0 Å². The van der Waals surface area contributed by atoms with Crippen LogP contribution in [0.2, 0.25) is 0 Å². The van der Waals surface area contributed by atoms with Crippen LogP contribution in [0.5, 0.6) is 5.75 Å². The molecular formula is C12H18N4O. The summed E-state index contributed by atoms with van der Waals surface area (Å²) in [5, 5.41) is 3.18. The molecule has 1 aromatic heterocycles. The van der Waals surface area contributed by atoms with Gasteiger partial charge in [-0.2, -0.15) is 0 Å². The van der Waals surface area contributed by atoms with Crippen molar-refractivity contribution in [2.24, 2.45) is 10.7 Å². The van der Waals surface area contributed by atoms with Gasteiger partial charge in [-0.3, -0.25) is 4.98 Å². The Morgan fingerprint density at radius 2 is 2.41 bits per heavy atom. The number of nitrogens with zero attached hydrogens (tertiary/aromatic N) is 2. The van der Waals surface area contributed by atoms with Crippen LogP contribution < -0.4 is 15.8 Å².